The number of hydrogen-bond acceptors (Lipinski definition) is 3. The Kier molecular flexibility index (Phi) is 6.45. The van der Waals surface area contributed by atoms with Crippen molar-refractivity contribution in [3.63, 3.8) is 0 Å². The first-order valence-electron chi connectivity index (χ1n) is 5.44. The summed E-state index contributed by atoms with van der Waals surface area (Å²) in [6.07, 6.45) is 1.04. The molecular weight excluding hydrogens is 270 g/mol. The molecule has 0 radical (unpaired) electrons. The second kappa shape index (κ2) is 7.65. The van der Waals surface area contributed by atoms with E-state index in [2.05, 4.69) is 22.9 Å². The molecule has 3 nitrogen and oxygen atoms in total. The second-order valence-corrected chi connectivity index (χ2v) is 4.28. The Balaban J connectivity index is 2.24. The lowest BCUT2D eigenvalue weighted by Gasteiger charge is -2.08. The highest BCUT2D eigenvalue weighted by molar-refractivity contribution is 9.10. The number of halogens is 1. The van der Waals surface area contributed by atoms with E-state index in [1.54, 1.807) is 0 Å². The minimum atomic E-state index is 0.557. The Hall–Kier alpha value is -0.580. The third-order valence-electron chi connectivity index (χ3n) is 2.09. The van der Waals surface area contributed by atoms with Gasteiger partial charge in [-0.1, -0.05) is 19.1 Å². The number of nitrogen functional groups attached to an aromatic ring is 1. The van der Waals surface area contributed by atoms with E-state index in [4.69, 9.17) is 15.2 Å². The van der Waals surface area contributed by atoms with E-state index in [9.17, 15) is 0 Å². The predicted octanol–water partition coefficient (Wildman–Crippen LogP) is 2.97. The molecule has 16 heavy (non-hydrogen) atoms. The lowest BCUT2D eigenvalue weighted by atomic mass is 10.2. The highest BCUT2D eigenvalue weighted by Crippen LogP contribution is 2.24. The molecule has 2 N–H and O–H groups in total. The molecule has 0 saturated heterocycles. The SMILES string of the molecule is CCCOCCOCc1cccc(N)c1Br. The summed E-state index contributed by atoms with van der Waals surface area (Å²) < 4.78 is 11.7. The Bertz CT molecular complexity index is 318. The van der Waals surface area contributed by atoms with Crippen molar-refractivity contribution in [3.05, 3.63) is 28.2 Å². The molecule has 0 atom stereocenters. The van der Waals surface area contributed by atoms with Crippen LogP contribution in [0.2, 0.25) is 0 Å². The molecule has 4 heteroatoms. The summed E-state index contributed by atoms with van der Waals surface area (Å²) in [5.74, 6) is 0. The largest absolute Gasteiger partial charge is 0.398 e. The first-order valence-corrected chi connectivity index (χ1v) is 6.23. The zero-order valence-corrected chi connectivity index (χ0v) is 11.1. The lowest BCUT2D eigenvalue weighted by Crippen LogP contribution is -2.05. The van der Waals surface area contributed by atoms with Gasteiger partial charge in [0, 0.05) is 16.8 Å². The van der Waals surface area contributed by atoms with E-state index >= 15 is 0 Å². The van der Waals surface area contributed by atoms with Gasteiger partial charge in [0.2, 0.25) is 0 Å². The summed E-state index contributed by atoms with van der Waals surface area (Å²) in [5.41, 5.74) is 7.57. The topological polar surface area (TPSA) is 44.5 Å². The standard InChI is InChI=1S/C12H18BrNO2/c1-2-6-15-7-8-16-9-10-4-3-5-11(14)12(10)13/h3-5H,2,6-9,14H2,1H3. The Morgan fingerprint density at radius 2 is 1.94 bits per heavy atom. The highest BCUT2D eigenvalue weighted by atomic mass is 79.9. The zero-order valence-electron chi connectivity index (χ0n) is 9.54. The van der Waals surface area contributed by atoms with Gasteiger partial charge in [-0.3, -0.25) is 0 Å². The van der Waals surface area contributed by atoms with Gasteiger partial charge in [0.25, 0.3) is 0 Å². The van der Waals surface area contributed by atoms with Crippen molar-refractivity contribution in [2.75, 3.05) is 25.6 Å². The molecule has 0 unspecified atom stereocenters. The summed E-state index contributed by atoms with van der Waals surface area (Å²) >= 11 is 3.44. The normalized spacial score (nSPS) is 10.6. The maximum Gasteiger partial charge on any atom is 0.0729 e. The fourth-order valence-corrected chi connectivity index (χ4v) is 1.64. The van der Waals surface area contributed by atoms with Crippen LogP contribution in [0.1, 0.15) is 18.9 Å². The fourth-order valence-electron chi connectivity index (χ4n) is 1.26. The second-order valence-electron chi connectivity index (χ2n) is 3.49. The Morgan fingerprint density at radius 1 is 1.19 bits per heavy atom. The maximum atomic E-state index is 5.76. The average molecular weight is 288 g/mol. The van der Waals surface area contributed by atoms with E-state index in [0.717, 1.165) is 28.8 Å². The molecule has 0 aromatic heterocycles. The van der Waals surface area contributed by atoms with E-state index in [1.165, 1.54) is 0 Å². The van der Waals surface area contributed by atoms with Crippen LogP contribution in [0.15, 0.2) is 22.7 Å². The van der Waals surface area contributed by atoms with Crippen molar-refractivity contribution in [3.8, 4) is 0 Å². The minimum Gasteiger partial charge on any atom is -0.398 e. The van der Waals surface area contributed by atoms with Crippen LogP contribution in [-0.4, -0.2) is 19.8 Å². The van der Waals surface area contributed by atoms with Gasteiger partial charge >= 0.3 is 0 Å². The van der Waals surface area contributed by atoms with Crippen molar-refractivity contribution >= 4 is 21.6 Å². The third-order valence-corrected chi connectivity index (χ3v) is 3.05. The van der Waals surface area contributed by atoms with Crippen molar-refractivity contribution in [2.24, 2.45) is 0 Å². The van der Waals surface area contributed by atoms with Crippen molar-refractivity contribution in [1.82, 2.24) is 0 Å². The molecule has 0 aliphatic heterocycles. The molecule has 1 aromatic carbocycles. The van der Waals surface area contributed by atoms with Gasteiger partial charge in [0.15, 0.2) is 0 Å². The van der Waals surface area contributed by atoms with E-state index in [1.807, 2.05) is 18.2 Å². The monoisotopic (exact) mass is 287 g/mol. The van der Waals surface area contributed by atoms with E-state index in [-0.39, 0.29) is 0 Å². The van der Waals surface area contributed by atoms with Crippen LogP contribution in [0.25, 0.3) is 0 Å². The van der Waals surface area contributed by atoms with Gasteiger partial charge in [-0.15, -0.1) is 0 Å². The Labute approximate surface area is 105 Å². The molecule has 0 spiro atoms. The number of benzene rings is 1. The van der Waals surface area contributed by atoms with Crippen LogP contribution < -0.4 is 5.73 Å². The maximum absolute atomic E-state index is 5.76. The third kappa shape index (κ3) is 4.51. The number of rotatable bonds is 7. The summed E-state index contributed by atoms with van der Waals surface area (Å²) in [6.45, 7) is 4.70. The zero-order chi connectivity index (χ0) is 11.8. The molecule has 1 aromatic rings. The first kappa shape index (κ1) is 13.5. The van der Waals surface area contributed by atoms with Crippen LogP contribution >= 0.6 is 15.9 Å². The average Bonchev–Trinajstić information content (AvgIpc) is 2.29. The van der Waals surface area contributed by atoms with Gasteiger partial charge in [0.1, 0.15) is 0 Å². The Morgan fingerprint density at radius 3 is 2.69 bits per heavy atom. The lowest BCUT2D eigenvalue weighted by molar-refractivity contribution is 0.0407. The minimum absolute atomic E-state index is 0.557. The number of anilines is 1. The fraction of sp³-hybridized carbons (Fsp3) is 0.500. The first-order chi connectivity index (χ1) is 7.75. The van der Waals surface area contributed by atoms with Crippen LogP contribution in [0.4, 0.5) is 5.69 Å². The molecular formula is C12H18BrNO2. The molecule has 0 bridgehead atoms. The number of hydrogen-bond donors (Lipinski definition) is 1. The summed E-state index contributed by atoms with van der Waals surface area (Å²) in [5, 5.41) is 0. The molecule has 1 rings (SSSR count). The van der Waals surface area contributed by atoms with Crippen LogP contribution in [0.3, 0.4) is 0 Å². The van der Waals surface area contributed by atoms with Crippen LogP contribution in [0.5, 0.6) is 0 Å². The molecule has 0 fully saturated rings. The van der Waals surface area contributed by atoms with Gasteiger partial charge < -0.3 is 15.2 Å². The van der Waals surface area contributed by atoms with Crippen molar-refractivity contribution in [2.45, 2.75) is 20.0 Å². The highest BCUT2D eigenvalue weighted by Gasteiger charge is 2.02. The van der Waals surface area contributed by atoms with Crippen LogP contribution in [-0.2, 0) is 16.1 Å². The van der Waals surface area contributed by atoms with Gasteiger partial charge in [-0.25, -0.2) is 0 Å². The van der Waals surface area contributed by atoms with Crippen molar-refractivity contribution < 1.29 is 9.47 Å². The molecule has 0 aliphatic rings. The summed E-state index contributed by atoms with van der Waals surface area (Å²) in [7, 11) is 0. The molecule has 0 saturated carbocycles. The molecule has 0 aliphatic carbocycles. The van der Waals surface area contributed by atoms with Gasteiger partial charge in [-0.2, -0.15) is 0 Å². The number of ether oxygens (including phenoxy) is 2. The molecule has 90 valence electrons. The van der Waals surface area contributed by atoms with E-state index < -0.39 is 0 Å². The van der Waals surface area contributed by atoms with Gasteiger partial charge in [0.05, 0.1) is 19.8 Å². The summed E-state index contributed by atoms with van der Waals surface area (Å²) in [4.78, 5) is 0. The van der Waals surface area contributed by atoms with Crippen molar-refractivity contribution in [1.29, 1.82) is 0 Å². The summed E-state index contributed by atoms with van der Waals surface area (Å²) in [6, 6.07) is 5.78. The molecule has 0 heterocycles. The quantitative estimate of drug-likeness (QED) is 0.619. The van der Waals surface area contributed by atoms with Crippen LogP contribution in [0, 0.1) is 0 Å². The predicted molar refractivity (Wildman–Crippen MR) is 69.3 cm³/mol. The smallest absolute Gasteiger partial charge is 0.0729 e. The van der Waals surface area contributed by atoms with Gasteiger partial charge in [-0.05, 0) is 34.0 Å². The van der Waals surface area contributed by atoms with E-state index in [0.29, 0.717) is 19.8 Å². The molecule has 0 amide bonds. The number of nitrogens with two attached hydrogens (primary N) is 1.